The van der Waals surface area contributed by atoms with Gasteiger partial charge in [0.15, 0.2) is 0 Å². The molecule has 0 atom stereocenters. The molecule has 0 unspecified atom stereocenters. The maximum atomic E-state index is 5.68. The van der Waals surface area contributed by atoms with E-state index >= 15 is 0 Å². The largest absolute Gasteiger partial charge is 0.216 e. The van der Waals surface area contributed by atoms with Crippen molar-refractivity contribution in [2.75, 3.05) is 0 Å². The third-order valence-electron chi connectivity index (χ3n) is 1.45. The molecule has 0 radical (unpaired) electrons. The summed E-state index contributed by atoms with van der Waals surface area (Å²) in [6.45, 7) is 3.62. The summed E-state index contributed by atoms with van der Waals surface area (Å²) < 4.78 is -1.35. The number of hydrogen-bond donors (Lipinski definition) is 0. The fraction of sp³-hybridized carbons (Fsp3) is 0.111. The summed E-state index contributed by atoms with van der Waals surface area (Å²) in [4.78, 5) is 0. The number of benzene rings is 1. The Morgan fingerprint density at radius 1 is 1.25 bits per heavy atom. The molecule has 64 valence electrons. The molecule has 0 spiro atoms. The molecule has 1 rings (SSSR count). The topological polar surface area (TPSA) is 0 Å². The average Bonchev–Trinajstić information content (AvgIpc) is 2.03. The van der Waals surface area contributed by atoms with Gasteiger partial charge in [-0.3, -0.25) is 0 Å². The molecule has 0 aromatic heterocycles. The Bertz CT molecular complexity index is 286. The molecule has 0 aliphatic heterocycles. The Hall–Kier alpha value is -0.170. The van der Waals surface area contributed by atoms with Crippen molar-refractivity contribution in [3.63, 3.8) is 0 Å². The fourth-order valence-electron chi connectivity index (χ4n) is 0.842. The summed E-state index contributed by atoms with van der Waals surface area (Å²) in [7, 11) is 0. The predicted octanol–water partition coefficient (Wildman–Crippen LogP) is 4.16. The molecule has 0 saturated carbocycles. The van der Waals surface area contributed by atoms with E-state index < -0.39 is 3.79 Å². The van der Waals surface area contributed by atoms with Crippen LogP contribution in [0.5, 0.6) is 0 Å². The van der Waals surface area contributed by atoms with Crippen LogP contribution < -0.4 is 0 Å². The molecule has 0 N–H and O–H groups in total. The molecule has 1 aromatic rings. The lowest BCUT2D eigenvalue weighted by Crippen LogP contribution is -1.99. The lowest BCUT2D eigenvalue weighted by atomic mass is 10.1. The molecule has 1 aromatic carbocycles. The van der Waals surface area contributed by atoms with Gasteiger partial charge in [-0.15, -0.1) is 0 Å². The summed E-state index contributed by atoms with van der Waals surface area (Å²) in [5.74, 6) is 0. The zero-order valence-electron chi connectivity index (χ0n) is 6.23. The zero-order chi connectivity index (χ0) is 9.19. The quantitative estimate of drug-likeness (QED) is 0.625. The van der Waals surface area contributed by atoms with Gasteiger partial charge in [0.1, 0.15) is 0 Å². The van der Waals surface area contributed by atoms with E-state index in [4.69, 9.17) is 34.8 Å². The van der Waals surface area contributed by atoms with Gasteiger partial charge in [-0.25, -0.2) is 0 Å². The first-order valence-corrected chi connectivity index (χ1v) is 4.47. The van der Waals surface area contributed by atoms with E-state index in [2.05, 4.69) is 6.58 Å². The van der Waals surface area contributed by atoms with E-state index in [1.807, 2.05) is 12.1 Å². The monoisotopic (exact) mass is 220 g/mol. The number of rotatable bonds is 1. The summed E-state index contributed by atoms with van der Waals surface area (Å²) in [6.07, 6.45) is 1.71. The predicted molar refractivity (Wildman–Crippen MR) is 55.8 cm³/mol. The number of halogens is 3. The van der Waals surface area contributed by atoms with E-state index in [0.29, 0.717) is 5.56 Å². The summed E-state index contributed by atoms with van der Waals surface area (Å²) in [6, 6.07) is 7.28. The van der Waals surface area contributed by atoms with Crippen molar-refractivity contribution >= 4 is 40.9 Å². The van der Waals surface area contributed by atoms with Crippen LogP contribution in [0, 0.1) is 0 Å². The minimum atomic E-state index is -1.35. The Morgan fingerprint density at radius 3 is 2.42 bits per heavy atom. The molecule has 0 saturated heterocycles. The van der Waals surface area contributed by atoms with Gasteiger partial charge in [-0.05, 0) is 11.6 Å². The lowest BCUT2D eigenvalue weighted by molar-refractivity contribution is 1.24. The Balaban J connectivity index is 3.10. The second-order valence-corrected chi connectivity index (χ2v) is 4.61. The van der Waals surface area contributed by atoms with Crippen LogP contribution in [-0.4, -0.2) is 0 Å². The maximum absolute atomic E-state index is 5.68. The summed E-state index contributed by atoms with van der Waals surface area (Å²) in [5, 5.41) is 0. The Labute approximate surface area is 86.7 Å². The standard InChI is InChI=1S/C9H7Cl3/c1-2-7-4-3-5-8(6-7)9(10,11)12/h2-6H,1H2. The fourth-order valence-corrected chi connectivity index (χ4v) is 1.19. The van der Waals surface area contributed by atoms with Crippen molar-refractivity contribution in [1.29, 1.82) is 0 Å². The molecule has 0 fully saturated rings. The molecule has 3 heteroatoms. The highest BCUT2D eigenvalue weighted by molar-refractivity contribution is 6.66. The molecular weight excluding hydrogens is 214 g/mol. The second-order valence-electron chi connectivity index (χ2n) is 2.33. The highest BCUT2D eigenvalue weighted by Crippen LogP contribution is 2.38. The van der Waals surface area contributed by atoms with Crippen LogP contribution in [0.2, 0.25) is 0 Å². The smallest absolute Gasteiger partial charge is 0.0985 e. The van der Waals surface area contributed by atoms with Gasteiger partial charge in [0.2, 0.25) is 3.79 Å². The van der Waals surface area contributed by atoms with Crippen LogP contribution in [0.4, 0.5) is 0 Å². The van der Waals surface area contributed by atoms with Gasteiger partial charge in [-0.2, -0.15) is 0 Å². The first-order valence-electron chi connectivity index (χ1n) is 3.34. The third kappa shape index (κ3) is 2.41. The highest BCUT2D eigenvalue weighted by atomic mass is 35.6. The van der Waals surface area contributed by atoms with Crippen molar-refractivity contribution in [1.82, 2.24) is 0 Å². The van der Waals surface area contributed by atoms with Crippen molar-refractivity contribution in [2.45, 2.75) is 3.79 Å². The second kappa shape index (κ2) is 3.69. The number of hydrogen-bond acceptors (Lipinski definition) is 0. The summed E-state index contributed by atoms with van der Waals surface area (Å²) in [5.41, 5.74) is 1.60. The average molecular weight is 222 g/mol. The molecule has 0 nitrogen and oxygen atoms in total. The molecule has 12 heavy (non-hydrogen) atoms. The molecule has 0 aliphatic rings. The van der Waals surface area contributed by atoms with E-state index in [-0.39, 0.29) is 0 Å². The maximum Gasteiger partial charge on any atom is 0.216 e. The van der Waals surface area contributed by atoms with Gasteiger partial charge >= 0.3 is 0 Å². The van der Waals surface area contributed by atoms with Crippen molar-refractivity contribution in [2.24, 2.45) is 0 Å². The summed E-state index contributed by atoms with van der Waals surface area (Å²) >= 11 is 17.1. The molecule has 0 heterocycles. The van der Waals surface area contributed by atoms with Gasteiger partial charge in [-0.1, -0.05) is 65.7 Å². The normalized spacial score (nSPS) is 11.2. The molecule has 0 bridgehead atoms. The van der Waals surface area contributed by atoms with E-state index in [9.17, 15) is 0 Å². The Morgan fingerprint density at radius 2 is 1.92 bits per heavy atom. The molecular formula is C9H7Cl3. The number of alkyl halides is 3. The van der Waals surface area contributed by atoms with Crippen molar-refractivity contribution < 1.29 is 0 Å². The van der Waals surface area contributed by atoms with E-state index in [0.717, 1.165) is 5.56 Å². The third-order valence-corrected chi connectivity index (χ3v) is 2.10. The van der Waals surface area contributed by atoms with Crippen molar-refractivity contribution in [3.8, 4) is 0 Å². The van der Waals surface area contributed by atoms with Gasteiger partial charge in [0.05, 0.1) is 0 Å². The highest BCUT2D eigenvalue weighted by Gasteiger charge is 2.22. The van der Waals surface area contributed by atoms with Crippen LogP contribution in [0.25, 0.3) is 6.08 Å². The van der Waals surface area contributed by atoms with E-state index in [1.165, 1.54) is 0 Å². The molecule has 0 aliphatic carbocycles. The minimum Gasteiger partial charge on any atom is -0.0985 e. The van der Waals surface area contributed by atoms with Crippen LogP contribution >= 0.6 is 34.8 Å². The van der Waals surface area contributed by atoms with Gasteiger partial charge in [0.25, 0.3) is 0 Å². The lowest BCUT2D eigenvalue weighted by Gasteiger charge is -2.11. The van der Waals surface area contributed by atoms with Crippen LogP contribution in [0.1, 0.15) is 11.1 Å². The minimum absolute atomic E-state index is 0.657. The van der Waals surface area contributed by atoms with Crippen molar-refractivity contribution in [3.05, 3.63) is 42.0 Å². The van der Waals surface area contributed by atoms with Crippen LogP contribution in [0.15, 0.2) is 30.8 Å². The van der Waals surface area contributed by atoms with Crippen LogP contribution in [0.3, 0.4) is 0 Å². The zero-order valence-corrected chi connectivity index (χ0v) is 8.50. The first-order chi connectivity index (χ1) is 5.54. The van der Waals surface area contributed by atoms with Crippen LogP contribution in [-0.2, 0) is 3.79 Å². The molecule has 0 amide bonds. The first kappa shape index (κ1) is 9.91. The van der Waals surface area contributed by atoms with Gasteiger partial charge < -0.3 is 0 Å². The van der Waals surface area contributed by atoms with E-state index in [1.54, 1.807) is 18.2 Å². The van der Waals surface area contributed by atoms with Gasteiger partial charge in [0, 0.05) is 5.56 Å². The Kier molecular flexibility index (Phi) is 3.05. The SMILES string of the molecule is C=Cc1cccc(C(Cl)(Cl)Cl)c1.